The van der Waals surface area contributed by atoms with Crippen molar-refractivity contribution in [2.45, 2.75) is 219 Å². The zero-order valence-corrected chi connectivity index (χ0v) is 40.8. The number of phosphoric acid groups is 2. The number of aliphatic hydroxyl groups is 1. The SMILES string of the molecule is CCCCC/C=C\CC1OC1C/C=C\C/C=C\CCCC(=O)O[C@H](COC(=O)CCCCCCCCCCCCCCCCC(C)CC)COP(=O)(O)OC[C@@H](O)COP(=O)(O)O. The van der Waals surface area contributed by atoms with E-state index in [4.69, 9.17) is 33.0 Å². The fourth-order valence-corrected chi connectivity index (χ4v) is 7.93. The molecular weight excluding hydrogens is 850 g/mol. The fourth-order valence-electron chi connectivity index (χ4n) is 6.77. The third kappa shape index (κ3) is 39.2. The third-order valence-corrected chi connectivity index (χ3v) is 12.4. The Morgan fingerprint density at radius 3 is 1.71 bits per heavy atom. The summed E-state index contributed by atoms with van der Waals surface area (Å²) in [4.78, 5) is 52.9. The molecule has 0 aromatic heterocycles. The maximum absolute atomic E-state index is 12.7. The maximum Gasteiger partial charge on any atom is 0.472 e. The van der Waals surface area contributed by atoms with E-state index in [1.807, 2.05) is 12.2 Å². The third-order valence-electron chi connectivity index (χ3n) is 11.0. The summed E-state index contributed by atoms with van der Waals surface area (Å²) < 4.78 is 53.6. The summed E-state index contributed by atoms with van der Waals surface area (Å²) >= 11 is 0. The van der Waals surface area contributed by atoms with Crippen LogP contribution in [0.4, 0.5) is 0 Å². The standard InChI is InChI=1S/C47H86O14P2/c1-4-6-7-8-23-28-33-44-45(61-44)34-29-24-19-17-21-26-31-36-47(50)60-43(40-59-63(54,55)58-38-42(48)37-57-62(51,52)53)39-56-46(49)35-30-25-20-16-14-12-10-9-11-13-15-18-22-27-32-41(3)5-2/h17,21,23-24,28-29,41-45,48H,4-16,18-20,22,25-27,30-40H2,1-3H3,(H,54,55)(H2,51,52,53)/b21-17-,28-23-,29-24-/t41?,42-,43+,44?,45?/m0/s1. The van der Waals surface area contributed by atoms with E-state index >= 15 is 0 Å². The highest BCUT2D eigenvalue weighted by Crippen LogP contribution is 2.44. The molecule has 368 valence electrons. The van der Waals surface area contributed by atoms with Gasteiger partial charge in [-0.2, -0.15) is 0 Å². The molecular formula is C47H86O14P2. The van der Waals surface area contributed by atoms with Gasteiger partial charge in [0.2, 0.25) is 0 Å². The van der Waals surface area contributed by atoms with Crippen LogP contribution in [-0.4, -0.2) is 82.6 Å². The minimum atomic E-state index is -4.87. The van der Waals surface area contributed by atoms with Crippen molar-refractivity contribution < 1.29 is 66.3 Å². The number of hydrogen-bond donors (Lipinski definition) is 4. The Morgan fingerprint density at radius 2 is 1.11 bits per heavy atom. The average molecular weight is 937 g/mol. The number of esters is 2. The summed E-state index contributed by atoms with van der Waals surface area (Å²) in [5, 5.41) is 9.77. The van der Waals surface area contributed by atoms with Gasteiger partial charge in [-0.3, -0.25) is 23.2 Å². The number of hydrogen-bond acceptors (Lipinski definition) is 11. The molecule has 0 bridgehead atoms. The van der Waals surface area contributed by atoms with Crippen LogP contribution in [0, 0.1) is 5.92 Å². The number of aliphatic hydroxyl groups excluding tert-OH is 1. The Balaban J connectivity index is 2.35. The van der Waals surface area contributed by atoms with Crippen molar-refractivity contribution >= 4 is 27.6 Å². The van der Waals surface area contributed by atoms with Crippen LogP contribution in [0.25, 0.3) is 0 Å². The molecule has 14 nitrogen and oxygen atoms in total. The Bertz CT molecular complexity index is 1330. The van der Waals surface area contributed by atoms with Crippen molar-refractivity contribution in [3.05, 3.63) is 36.5 Å². The van der Waals surface area contributed by atoms with Crippen molar-refractivity contribution in [1.82, 2.24) is 0 Å². The van der Waals surface area contributed by atoms with Crippen molar-refractivity contribution in [2.24, 2.45) is 5.92 Å². The Kier molecular flexibility index (Phi) is 36.2. The molecule has 1 rings (SSSR count). The van der Waals surface area contributed by atoms with E-state index in [1.54, 1.807) is 0 Å². The van der Waals surface area contributed by atoms with Gasteiger partial charge in [0.15, 0.2) is 6.10 Å². The van der Waals surface area contributed by atoms with Gasteiger partial charge in [0.1, 0.15) is 12.7 Å². The number of unbranched alkanes of at least 4 members (excludes halogenated alkanes) is 17. The van der Waals surface area contributed by atoms with Crippen molar-refractivity contribution in [3.8, 4) is 0 Å². The van der Waals surface area contributed by atoms with Gasteiger partial charge in [0.05, 0.1) is 32.0 Å². The van der Waals surface area contributed by atoms with Gasteiger partial charge in [0.25, 0.3) is 0 Å². The smallest absolute Gasteiger partial charge is 0.462 e. The lowest BCUT2D eigenvalue weighted by molar-refractivity contribution is -0.161. The van der Waals surface area contributed by atoms with Crippen LogP contribution in [0.2, 0.25) is 0 Å². The second-order valence-electron chi connectivity index (χ2n) is 17.0. The van der Waals surface area contributed by atoms with Crippen LogP contribution in [0.1, 0.15) is 194 Å². The predicted octanol–water partition coefficient (Wildman–Crippen LogP) is 11.7. The molecule has 16 heteroatoms. The summed E-state index contributed by atoms with van der Waals surface area (Å²) in [5.41, 5.74) is 0. The largest absolute Gasteiger partial charge is 0.472 e. The van der Waals surface area contributed by atoms with Crippen LogP contribution >= 0.6 is 15.6 Å². The van der Waals surface area contributed by atoms with Gasteiger partial charge in [-0.1, -0.05) is 166 Å². The van der Waals surface area contributed by atoms with Crippen LogP contribution < -0.4 is 0 Å². The molecule has 0 saturated carbocycles. The number of carbonyl (C=O) groups excluding carboxylic acids is 2. The van der Waals surface area contributed by atoms with E-state index in [0.717, 1.165) is 50.9 Å². The lowest BCUT2D eigenvalue weighted by Crippen LogP contribution is -2.29. The van der Waals surface area contributed by atoms with Gasteiger partial charge < -0.3 is 34.0 Å². The molecule has 1 heterocycles. The lowest BCUT2D eigenvalue weighted by Gasteiger charge is -2.20. The predicted molar refractivity (Wildman–Crippen MR) is 248 cm³/mol. The molecule has 4 unspecified atom stereocenters. The number of allylic oxidation sites excluding steroid dienone is 4. The van der Waals surface area contributed by atoms with Gasteiger partial charge in [-0.15, -0.1) is 0 Å². The molecule has 0 spiro atoms. The fraction of sp³-hybridized carbons (Fsp3) is 0.830. The first-order valence-electron chi connectivity index (χ1n) is 24.2. The van der Waals surface area contributed by atoms with Crippen molar-refractivity contribution in [3.63, 3.8) is 0 Å². The first kappa shape index (κ1) is 59.3. The molecule has 1 aliphatic rings. The highest BCUT2D eigenvalue weighted by atomic mass is 31.2. The van der Waals surface area contributed by atoms with E-state index < -0.39 is 66.2 Å². The zero-order valence-electron chi connectivity index (χ0n) is 39.0. The summed E-state index contributed by atoms with van der Waals surface area (Å²) in [5.74, 6) is -0.237. The Morgan fingerprint density at radius 1 is 0.603 bits per heavy atom. The molecule has 1 saturated heterocycles. The van der Waals surface area contributed by atoms with E-state index in [-0.39, 0.29) is 12.8 Å². The Labute approximate surface area is 380 Å². The molecule has 6 atom stereocenters. The van der Waals surface area contributed by atoms with Gasteiger partial charge in [-0.05, 0) is 57.3 Å². The normalized spacial score (nSPS) is 18.0. The van der Waals surface area contributed by atoms with Crippen molar-refractivity contribution in [2.75, 3.05) is 26.4 Å². The molecule has 1 fully saturated rings. The average Bonchev–Trinajstić information content (AvgIpc) is 4.00. The van der Waals surface area contributed by atoms with Gasteiger partial charge in [0, 0.05) is 12.8 Å². The lowest BCUT2D eigenvalue weighted by atomic mass is 9.99. The first-order chi connectivity index (χ1) is 30.2. The van der Waals surface area contributed by atoms with Gasteiger partial charge in [-0.25, -0.2) is 9.13 Å². The van der Waals surface area contributed by atoms with E-state index in [1.165, 1.54) is 96.3 Å². The molecule has 0 amide bonds. The molecule has 0 radical (unpaired) electrons. The molecule has 63 heavy (non-hydrogen) atoms. The molecule has 4 N–H and O–H groups in total. The number of phosphoric ester groups is 2. The second-order valence-corrected chi connectivity index (χ2v) is 19.7. The summed E-state index contributed by atoms with van der Waals surface area (Å²) in [6, 6.07) is 0. The van der Waals surface area contributed by atoms with Crippen LogP contribution in [0.3, 0.4) is 0 Å². The zero-order chi connectivity index (χ0) is 46.4. The molecule has 0 aromatic carbocycles. The number of rotatable bonds is 44. The topological polar surface area (TPSA) is 208 Å². The van der Waals surface area contributed by atoms with E-state index in [9.17, 15) is 28.7 Å². The quantitative estimate of drug-likeness (QED) is 0.0147. The molecule has 1 aliphatic heterocycles. The van der Waals surface area contributed by atoms with E-state index in [2.05, 4.69) is 49.6 Å². The molecule has 0 aromatic rings. The number of carbonyl (C=O) groups is 2. The monoisotopic (exact) mass is 937 g/mol. The first-order valence-corrected chi connectivity index (χ1v) is 27.2. The Hall–Kier alpha value is -1.70. The van der Waals surface area contributed by atoms with E-state index in [0.29, 0.717) is 31.5 Å². The number of ether oxygens (including phenoxy) is 3. The van der Waals surface area contributed by atoms with Gasteiger partial charge >= 0.3 is 27.6 Å². The van der Waals surface area contributed by atoms with Crippen LogP contribution in [-0.2, 0) is 46.5 Å². The summed E-state index contributed by atoms with van der Waals surface area (Å²) in [7, 11) is -9.70. The van der Waals surface area contributed by atoms with Crippen LogP contribution in [0.15, 0.2) is 36.5 Å². The summed E-state index contributed by atoms with van der Waals surface area (Å²) in [6.07, 6.45) is 38.8. The highest BCUT2D eigenvalue weighted by molar-refractivity contribution is 7.47. The minimum absolute atomic E-state index is 0.0515. The minimum Gasteiger partial charge on any atom is -0.462 e. The summed E-state index contributed by atoms with van der Waals surface area (Å²) in [6.45, 7) is 4.05. The van der Waals surface area contributed by atoms with Crippen LogP contribution in [0.5, 0.6) is 0 Å². The van der Waals surface area contributed by atoms with Crippen molar-refractivity contribution in [1.29, 1.82) is 0 Å². The molecule has 0 aliphatic carbocycles. The second kappa shape index (κ2) is 38.4. The maximum atomic E-state index is 12.7. The highest BCUT2D eigenvalue weighted by Gasteiger charge is 2.36. The number of epoxide rings is 1.